The number of aryl methyl sites for hydroxylation is 1. The van der Waals surface area contributed by atoms with E-state index in [0.717, 1.165) is 22.4 Å². The average Bonchev–Trinajstić information content (AvgIpc) is 2.84. The van der Waals surface area contributed by atoms with Gasteiger partial charge in [-0.2, -0.15) is 0 Å². The average molecular weight is 214 g/mol. The molecule has 2 heterocycles. The molecule has 1 aromatic carbocycles. The van der Waals surface area contributed by atoms with E-state index in [9.17, 15) is 0 Å². The molecule has 0 aliphatic carbocycles. The van der Waals surface area contributed by atoms with Crippen molar-refractivity contribution in [3.8, 4) is 11.4 Å². The lowest BCUT2D eigenvalue weighted by molar-refractivity contribution is 0.423. The summed E-state index contributed by atoms with van der Waals surface area (Å²) in [6.45, 7) is 0. The minimum absolute atomic E-state index is 0.360. The number of nitrogens with zero attached hydrogens (tertiary/aromatic N) is 3. The van der Waals surface area contributed by atoms with Crippen molar-refractivity contribution in [2.24, 2.45) is 7.05 Å². The van der Waals surface area contributed by atoms with Gasteiger partial charge in [0.25, 0.3) is 0 Å². The second-order valence-electron chi connectivity index (χ2n) is 3.60. The molecule has 3 aromatic rings. The predicted molar refractivity (Wildman–Crippen MR) is 60.6 cm³/mol. The van der Waals surface area contributed by atoms with E-state index in [1.54, 1.807) is 0 Å². The number of hydrogen-bond donors (Lipinski definition) is 1. The Morgan fingerprint density at radius 1 is 1.31 bits per heavy atom. The van der Waals surface area contributed by atoms with E-state index in [-0.39, 0.29) is 0 Å². The van der Waals surface area contributed by atoms with E-state index in [2.05, 4.69) is 10.1 Å². The summed E-state index contributed by atoms with van der Waals surface area (Å²) >= 11 is 0. The summed E-state index contributed by atoms with van der Waals surface area (Å²) in [5.41, 5.74) is 8.41. The number of hydrogen-bond acceptors (Lipinski definition) is 4. The van der Waals surface area contributed by atoms with Gasteiger partial charge in [0, 0.05) is 7.05 Å². The van der Waals surface area contributed by atoms with Crippen molar-refractivity contribution in [1.29, 1.82) is 0 Å². The molecule has 5 heteroatoms. The van der Waals surface area contributed by atoms with Gasteiger partial charge < -0.3 is 14.8 Å². The normalized spacial score (nSPS) is 11.1. The predicted octanol–water partition coefficient (Wildman–Crippen LogP) is 1.81. The molecule has 2 aromatic heterocycles. The summed E-state index contributed by atoms with van der Waals surface area (Å²) in [5, 5.41) is 3.65. The van der Waals surface area contributed by atoms with Gasteiger partial charge in [0.2, 0.25) is 0 Å². The van der Waals surface area contributed by atoms with Crippen molar-refractivity contribution in [3.05, 3.63) is 30.5 Å². The Labute approximate surface area is 91.5 Å². The van der Waals surface area contributed by atoms with Gasteiger partial charge in [-0.3, -0.25) is 0 Å². The van der Waals surface area contributed by atoms with E-state index in [0.29, 0.717) is 5.82 Å². The molecule has 80 valence electrons. The molecule has 0 amide bonds. The SMILES string of the molecule is Cn1c(-c2conc2N)nc2ccccc21. The van der Waals surface area contributed by atoms with Crippen molar-refractivity contribution < 1.29 is 4.52 Å². The fourth-order valence-electron chi connectivity index (χ4n) is 1.80. The van der Waals surface area contributed by atoms with E-state index in [1.807, 2.05) is 35.9 Å². The molecule has 3 rings (SSSR count). The van der Waals surface area contributed by atoms with Crippen LogP contribution in [0.15, 0.2) is 35.1 Å². The van der Waals surface area contributed by atoms with Crippen LogP contribution in [-0.2, 0) is 7.05 Å². The van der Waals surface area contributed by atoms with Crippen LogP contribution in [-0.4, -0.2) is 14.7 Å². The summed E-state index contributed by atoms with van der Waals surface area (Å²) < 4.78 is 6.79. The molecule has 0 aliphatic heterocycles. The number of aromatic nitrogens is 3. The largest absolute Gasteiger partial charge is 0.380 e. The molecular weight excluding hydrogens is 204 g/mol. The molecule has 0 unspecified atom stereocenters. The summed E-state index contributed by atoms with van der Waals surface area (Å²) in [7, 11) is 1.94. The number of fused-ring (bicyclic) bond motifs is 1. The molecular formula is C11H10N4O. The maximum Gasteiger partial charge on any atom is 0.177 e. The fraction of sp³-hybridized carbons (Fsp3) is 0.0909. The van der Waals surface area contributed by atoms with Crippen molar-refractivity contribution in [1.82, 2.24) is 14.7 Å². The summed E-state index contributed by atoms with van der Waals surface area (Å²) in [4.78, 5) is 4.50. The molecule has 0 aliphatic rings. The zero-order valence-electron chi connectivity index (χ0n) is 8.71. The van der Waals surface area contributed by atoms with Crippen LogP contribution in [0.25, 0.3) is 22.4 Å². The Kier molecular flexibility index (Phi) is 1.73. The van der Waals surface area contributed by atoms with Gasteiger partial charge in [0.05, 0.1) is 11.0 Å². The quantitative estimate of drug-likeness (QED) is 0.670. The molecule has 0 spiro atoms. The summed E-state index contributed by atoms with van der Waals surface area (Å²) in [5.74, 6) is 1.12. The van der Waals surface area contributed by atoms with Gasteiger partial charge in [-0.1, -0.05) is 17.3 Å². The molecule has 0 radical (unpaired) electrons. The highest BCUT2D eigenvalue weighted by molar-refractivity contribution is 5.82. The van der Waals surface area contributed by atoms with E-state index >= 15 is 0 Å². The van der Waals surface area contributed by atoms with Crippen LogP contribution in [0.3, 0.4) is 0 Å². The Bertz CT molecular complexity index is 653. The molecule has 0 fully saturated rings. The lowest BCUT2D eigenvalue weighted by Crippen LogP contribution is -1.94. The van der Waals surface area contributed by atoms with Crippen LogP contribution >= 0.6 is 0 Å². The van der Waals surface area contributed by atoms with Gasteiger partial charge in [0.15, 0.2) is 5.82 Å². The number of anilines is 1. The Morgan fingerprint density at radius 3 is 2.81 bits per heavy atom. The molecule has 16 heavy (non-hydrogen) atoms. The third-order valence-corrected chi connectivity index (χ3v) is 2.63. The number of nitrogens with two attached hydrogens (primary N) is 1. The number of imidazole rings is 1. The van der Waals surface area contributed by atoms with E-state index < -0.39 is 0 Å². The highest BCUT2D eigenvalue weighted by Crippen LogP contribution is 2.26. The minimum Gasteiger partial charge on any atom is -0.380 e. The lowest BCUT2D eigenvalue weighted by atomic mass is 10.3. The summed E-state index contributed by atoms with van der Waals surface area (Å²) in [6.07, 6.45) is 1.51. The van der Waals surface area contributed by atoms with Crippen molar-refractivity contribution in [2.75, 3.05) is 5.73 Å². The number of rotatable bonds is 1. The Balaban J connectivity index is 2.33. The number of benzene rings is 1. The highest BCUT2D eigenvalue weighted by Gasteiger charge is 2.14. The van der Waals surface area contributed by atoms with Gasteiger partial charge in [-0.15, -0.1) is 0 Å². The first-order chi connectivity index (χ1) is 7.77. The summed E-state index contributed by atoms with van der Waals surface area (Å²) in [6, 6.07) is 7.90. The molecule has 2 N–H and O–H groups in total. The van der Waals surface area contributed by atoms with Gasteiger partial charge in [-0.25, -0.2) is 4.98 Å². The van der Waals surface area contributed by atoms with Crippen molar-refractivity contribution in [2.45, 2.75) is 0 Å². The van der Waals surface area contributed by atoms with Crippen LogP contribution in [0, 0.1) is 0 Å². The molecule has 0 saturated carbocycles. The van der Waals surface area contributed by atoms with Crippen LogP contribution in [0.1, 0.15) is 0 Å². The topological polar surface area (TPSA) is 69.9 Å². The van der Waals surface area contributed by atoms with Gasteiger partial charge >= 0.3 is 0 Å². The van der Waals surface area contributed by atoms with E-state index in [4.69, 9.17) is 10.3 Å². The monoisotopic (exact) mass is 214 g/mol. The smallest absolute Gasteiger partial charge is 0.177 e. The Morgan fingerprint density at radius 2 is 2.12 bits per heavy atom. The molecule has 0 bridgehead atoms. The second-order valence-corrected chi connectivity index (χ2v) is 3.60. The van der Waals surface area contributed by atoms with Crippen LogP contribution in [0.5, 0.6) is 0 Å². The van der Waals surface area contributed by atoms with Crippen LogP contribution in [0.2, 0.25) is 0 Å². The molecule has 5 nitrogen and oxygen atoms in total. The minimum atomic E-state index is 0.360. The lowest BCUT2D eigenvalue weighted by Gasteiger charge is -1.98. The first-order valence-corrected chi connectivity index (χ1v) is 4.89. The zero-order chi connectivity index (χ0) is 11.1. The maximum atomic E-state index is 5.71. The van der Waals surface area contributed by atoms with Crippen molar-refractivity contribution >= 4 is 16.9 Å². The van der Waals surface area contributed by atoms with Crippen LogP contribution < -0.4 is 5.73 Å². The van der Waals surface area contributed by atoms with E-state index in [1.165, 1.54) is 6.26 Å². The first kappa shape index (κ1) is 8.96. The number of nitrogen functional groups attached to an aromatic ring is 1. The third kappa shape index (κ3) is 1.11. The van der Waals surface area contributed by atoms with Crippen molar-refractivity contribution in [3.63, 3.8) is 0 Å². The molecule has 0 atom stereocenters. The van der Waals surface area contributed by atoms with Crippen LogP contribution in [0.4, 0.5) is 5.82 Å². The maximum absolute atomic E-state index is 5.71. The first-order valence-electron chi connectivity index (χ1n) is 4.89. The standard InChI is InChI=1S/C11H10N4O/c1-15-9-5-3-2-4-8(9)13-11(15)7-6-16-14-10(7)12/h2-6H,1H3,(H2,12,14). The fourth-order valence-corrected chi connectivity index (χ4v) is 1.80. The third-order valence-electron chi connectivity index (χ3n) is 2.63. The number of para-hydroxylation sites is 2. The van der Waals surface area contributed by atoms with Gasteiger partial charge in [-0.05, 0) is 12.1 Å². The second kappa shape index (κ2) is 3.10. The van der Waals surface area contributed by atoms with Gasteiger partial charge in [0.1, 0.15) is 17.7 Å². The Hall–Kier alpha value is -2.30. The zero-order valence-corrected chi connectivity index (χ0v) is 8.71. The highest BCUT2D eigenvalue weighted by atomic mass is 16.5. The molecule has 0 saturated heterocycles.